The van der Waals surface area contributed by atoms with Gasteiger partial charge >= 0.3 is 0 Å². The molecule has 1 fully saturated rings. The molecule has 1 aromatic carbocycles. The van der Waals surface area contributed by atoms with Crippen molar-refractivity contribution in [3.63, 3.8) is 0 Å². The number of rotatable bonds is 6. The van der Waals surface area contributed by atoms with Gasteiger partial charge in [-0.2, -0.15) is 0 Å². The lowest BCUT2D eigenvalue weighted by molar-refractivity contribution is 0.265. The monoisotopic (exact) mass is 348 g/mol. The molecule has 0 spiro atoms. The number of nitrogens with one attached hydrogen (secondary N) is 2. The van der Waals surface area contributed by atoms with E-state index >= 15 is 0 Å². The fraction of sp³-hybridized carbons (Fsp3) is 0.632. The molecule has 6 heteroatoms. The van der Waals surface area contributed by atoms with Crippen molar-refractivity contribution in [1.29, 1.82) is 0 Å². The van der Waals surface area contributed by atoms with Crippen LogP contribution in [-0.2, 0) is 6.54 Å². The Morgan fingerprint density at radius 1 is 1.24 bits per heavy atom. The SMILES string of the molecule is CN=C(NCc1ccc(OC)c(OC)c1)NC1CN(C(C)C)CC1C. The lowest BCUT2D eigenvalue weighted by Gasteiger charge is -2.22. The van der Waals surface area contributed by atoms with Gasteiger partial charge in [0.05, 0.1) is 14.2 Å². The van der Waals surface area contributed by atoms with E-state index < -0.39 is 0 Å². The van der Waals surface area contributed by atoms with Crippen LogP contribution in [0.15, 0.2) is 23.2 Å². The zero-order valence-corrected chi connectivity index (χ0v) is 16.3. The third kappa shape index (κ3) is 5.01. The standard InChI is InChI=1S/C19H32N4O2/c1-13(2)23-11-14(3)16(12-23)22-19(20-4)21-10-15-7-8-17(24-5)18(9-15)25-6/h7-9,13-14,16H,10-12H2,1-6H3,(H2,20,21,22). The van der Waals surface area contributed by atoms with Crippen LogP contribution in [0, 0.1) is 5.92 Å². The summed E-state index contributed by atoms with van der Waals surface area (Å²) in [5, 5.41) is 6.95. The largest absolute Gasteiger partial charge is 0.493 e. The van der Waals surface area contributed by atoms with Gasteiger partial charge in [0.25, 0.3) is 0 Å². The lowest BCUT2D eigenvalue weighted by Crippen LogP contribution is -2.46. The average Bonchev–Trinajstić information content (AvgIpc) is 2.99. The Kier molecular flexibility index (Phi) is 6.93. The summed E-state index contributed by atoms with van der Waals surface area (Å²) in [6.45, 7) is 9.65. The first kappa shape index (κ1) is 19.4. The number of benzene rings is 1. The molecular weight excluding hydrogens is 316 g/mol. The highest BCUT2D eigenvalue weighted by Gasteiger charge is 2.31. The zero-order valence-electron chi connectivity index (χ0n) is 16.3. The van der Waals surface area contributed by atoms with Crippen molar-refractivity contribution >= 4 is 5.96 Å². The maximum Gasteiger partial charge on any atom is 0.191 e. The molecule has 1 aromatic rings. The van der Waals surface area contributed by atoms with Crippen molar-refractivity contribution in [2.75, 3.05) is 34.4 Å². The zero-order chi connectivity index (χ0) is 18.4. The van der Waals surface area contributed by atoms with Crippen LogP contribution in [0.25, 0.3) is 0 Å². The Morgan fingerprint density at radius 2 is 1.96 bits per heavy atom. The van der Waals surface area contributed by atoms with Gasteiger partial charge in [-0.3, -0.25) is 9.89 Å². The van der Waals surface area contributed by atoms with Crippen LogP contribution < -0.4 is 20.1 Å². The van der Waals surface area contributed by atoms with Crippen LogP contribution in [0.1, 0.15) is 26.3 Å². The minimum atomic E-state index is 0.416. The summed E-state index contributed by atoms with van der Waals surface area (Å²) < 4.78 is 10.6. The second-order valence-electron chi connectivity index (χ2n) is 6.89. The van der Waals surface area contributed by atoms with Crippen LogP contribution in [-0.4, -0.2) is 57.3 Å². The minimum Gasteiger partial charge on any atom is -0.493 e. The van der Waals surface area contributed by atoms with Gasteiger partial charge in [-0.1, -0.05) is 13.0 Å². The van der Waals surface area contributed by atoms with Gasteiger partial charge in [-0.25, -0.2) is 0 Å². The Bertz CT molecular complexity index is 589. The first-order chi connectivity index (χ1) is 12.0. The highest BCUT2D eigenvalue weighted by atomic mass is 16.5. The van der Waals surface area contributed by atoms with Gasteiger partial charge in [0, 0.05) is 38.8 Å². The van der Waals surface area contributed by atoms with E-state index in [9.17, 15) is 0 Å². The molecule has 1 aliphatic heterocycles. The Balaban J connectivity index is 1.93. The van der Waals surface area contributed by atoms with Gasteiger partial charge in [0.15, 0.2) is 17.5 Å². The van der Waals surface area contributed by atoms with E-state index in [1.807, 2.05) is 25.2 Å². The van der Waals surface area contributed by atoms with E-state index in [0.29, 0.717) is 24.5 Å². The predicted molar refractivity (Wildman–Crippen MR) is 103 cm³/mol. The summed E-state index contributed by atoms with van der Waals surface area (Å²) in [5.74, 6) is 2.91. The van der Waals surface area contributed by atoms with Crippen molar-refractivity contribution in [2.45, 2.75) is 39.4 Å². The van der Waals surface area contributed by atoms with Crippen molar-refractivity contribution in [2.24, 2.45) is 10.9 Å². The van der Waals surface area contributed by atoms with Crippen molar-refractivity contribution in [1.82, 2.24) is 15.5 Å². The lowest BCUT2D eigenvalue weighted by atomic mass is 10.1. The second kappa shape index (κ2) is 8.94. The first-order valence-electron chi connectivity index (χ1n) is 8.90. The second-order valence-corrected chi connectivity index (χ2v) is 6.89. The smallest absolute Gasteiger partial charge is 0.191 e. The number of aliphatic imine (C=N–C) groups is 1. The fourth-order valence-electron chi connectivity index (χ4n) is 3.16. The van der Waals surface area contributed by atoms with Crippen LogP contribution in [0.3, 0.4) is 0 Å². The highest BCUT2D eigenvalue weighted by molar-refractivity contribution is 5.80. The van der Waals surface area contributed by atoms with Gasteiger partial charge in [0.1, 0.15) is 0 Å². The number of nitrogens with zero attached hydrogens (tertiary/aromatic N) is 2. The topological polar surface area (TPSA) is 58.1 Å². The Morgan fingerprint density at radius 3 is 2.52 bits per heavy atom. The molecule has 6 nitrogen and oxygen atoms in total. The number of hydrogen-bond acceptors (Lipinski definition) is 4. The molecule has 0 radical (unpaired) electrons. The molecule has 0 bridgehead atoms. The number of guanidine groups is 1. The van der Waals surface area contributed by atoms with Crippen LogP contribution in [0.5, 0.6) is 11.5 Å². The summed E-state index contributed by atoms with van der Waals surface area (Å²) >= 11 is 0. The minimum absolute atomic E-state index is 0.416. The van der Waals surface area contributed by atoms with Crippen molar-refractivity contribution < 1.29 is 9.47 Å². The van der Waals surface area contributed by atoms with E-state index in [0.717, 1.165) is 36.1 Å². The van der Waals surface area contributed by atoms with E-state index in [1.165, 1.54) is 0 Å². The molecule has 2 N–H and O–H groups in total. The van der Waals surface area contributed by atoms with Gasteiger partial charge in [0.2, 0.25) is 0 Å². The first-order valence-corrected chi connectivity index (χ1v) is 8.90. The van der Waals surface area contributed by atoms with E-state index in [2.05, 4.69) is 41.3 Å². The quantitative estimate of drug-likeness (QED) is 0.609. The van der Waals surface area contributed by atoms with Crippen LogP contribution in [0.2, 0.25) is 0 Å². The third-order valence-electron chi connectivity index (χ3n) is 4.82. The normalized spacial score (nSPS) is 21.5. The number of likely N-dealkylation sites (tertiary alicyclic amines) is 1. The number of hydrogen-bond donors (Lipinski definition) is 2. The predicted octanol–water partition coefficient (Wildman–Crippen LogP) is 2.10. The van der Waals surface area contributed by atoms with Gasteiger partial charge < -0.3 is 20.1 Å². The molecule has 2 rings (SSSR count). The van der Waals surface area contributed by atoms with Crippen molar-refractivity contribution in [3.05, 3.63) is 23.8 Å². The molecule has 0 saturated carbocycles. The average molecular weight is 348 g/mol. The maximum absolute atomic E-state index is 5.36. The van der Waals surface area contributed by atoms with Crippen molar-refractivity contribution in [3.8, 4) is 11.5 Å². The summed E-state index contributed by atoms with van der Waals surface area (Å²) in [7, 11) is 5.10. The Labute approximate surface area is 151 Å². The summed E-state index contributed by atoms with van der Waals surface area (Å²) in [6.07, 6.45) is 0. The molecule has 140 valence electrons. The molecule has 1 aliphatic rings. The summed E-state index contributed by atoms with van der Waals surface area (Å²) in [6, 6.07) is 6.93. The van der Waals surface area contributed by atoms with E-state index in [-0.39, 0.29) is 0 Å². The summed E-state index contributed by atoms with van der Waals surface area (Å²) in [5.41, 5.74) is 1.11. The van der Waals surface area contributed by atoms with E-state index in [1.54, 1.807) is 14.2 Å². The number of ether oxygens (including phenoxy) is 2. The molecule has 0 amide bonds. The molecule has 0 aliphatic carbocycles. The van der Waals surface area contributed by atoms with E-state index in [4.69, 9.17) is 9.47 Å². The molecular formula is C19H32N4O2. The molecule has 0 aromatic heterocycles. The maximum atomic E-state index is 5.36. The van der Waals surface area contributed by atoms with Gasteiger partial charge in [-0.15, -0.1) is 0 Å². The highest BCUT2D eigenvalue weighted by Crippen LogP contribution is 2.27. The third-order valence-corrected chi connectivity index (χ3v) is 4.82. The molecule has 2 atom stereocenters. The Hall–Kier alpha value is -1.95. The van der Waals surface area contributed by atoms with Crippen LogP contribution in [0.4, 0.5) is 0 Å². The summed E-state index contributed by atoms with van der Waals surface area (Å²) in [4.78, 5) is 6.87. The molecule has 25 heavy (non-hydrogen) atoms. The van der Waals surface area contributed by atoms with Crippen LogP contribution >= 0.6 is 0 Å². The molecule has 1 saturated heterocycles. The van der Waals surface area contributed by atoms with Gasteiger partial charge in [-0.05, 0) is 37.5 Å². The fourth-order valence-corrected chi connectivity index (χ4v) is 3.16. The molecule has 1 heterocycles. The molecule has 2 unspecified atom stereocenters. The number of methoxy groups -OCH3 is 2.